The normalized spacial score (nSPS) is 16.4. The van der Waals surface area contributed by atoms with E-state index in [0.717, 1.165) is 25.7 Å². The number of benzene rings is 1. The van der Waals surface area contributed by atoms with Crippen molar-refractivity contribution in [3.8, 4) is 17.3 Å². The lowest BCUT2D eigenvalue weighted by Gasteiger charge is -2.36. The van der Waals surface area contributed by atoms with Crippen molar-refractivity contribution in [2.75, 3.05) is 26.2 Å². The molecule has 2 aliphatic rings. The third-order valence-corrected chi connectivity index (χ3v) is 7.10. The molecule has 0 spiro atoms. The first kappa shape index (κ1) is 29.8. The Balaban J connectivity index is 1.50. The van der Waals surface area contributed by atoms with E-state index in [0.29, 0.717) is 24.5 Å². The Morgan fingerprint density at radius 1 is 0.976 bits per heavy atom. The monoisotopic (exact) mass is 566 g/mol. The molecule has 2 heterocycles. The molecule has 2 aromatic rings. The summed E-state index contributed by atoms with van der Waals surface area (Å²) in [7, 11) is 0. The van der Waals surface area contributed by atoms with Crippen LogP contribution in [0.25, 0.3) is 11.4 Å². The summed E-state index contributed by atoms with van der Waals surface area (Å²) in [5.74, 6) is -1.51. The van der Waals surface area contributed by atoms with Crippen molar-refractivity contribution < 1.29 is 29.0 Å². The van der Waals surface area contributed by atoms with E-state index in [1.165, 1.54) is 6.07 Å². The first-order valence-corrected chi connectivity index (χ1v) is 14.2. The zero-order valence-electron chi connectivity index (χ0n) is 23.5. The van der Waals surface area contributed by atoms with Crippen molar-refractivity contribution in [3.05, 3.63) is 42.1 Å². The fourth-order valence-electron chi connectivity index (χ4n) is 4.94. The molecule has 1 aromatic heterocycles. The van der Waals surface area contributed by atoms with Crippen molar-refractivity contribution in [3.63, 3.8) is 0 Å². The average Bonchev–Trinajstić information content (AvgIpc) is 3.47. The van der Waals surface area contributed by atoms with Crippen LogP contribution in [0.1, 0.15) is 62.9 Å². The highest BCUT2D eigenvalue weighted by Gasteiger charge is 2.31. The van der Waals surface area contributed by atoms with Gasteiger partial charge < -0.3 is 30.3 Å². The van der Waals surface area contributed by atoms with Gasteiger partial charge in [0.25, 0.3) is 5.91 Å². The van der Waals surface area contributed by atoms with Crippen LogP contribution in [0.5, 0.6) is 5.88 Å². The lowest BCUT2D eigenvalue weighted by molar-refractivity contribution is -0.138. The molecular formula is C29H38N6O6. The van der Waals surface area contributed by atoms with E-state index in [1.807, 2.05) is 44.2 Å². The van der Waals surface area contributed by atoms with Crippen molar-refractivity contribution in [1.29, 1.82) is 0 Å². The number of hydrogen-bond acceptors (Lipinski definition) is 7. The summed E-state index contributed by atoms with van der Waals surface area (Å²) in [5, 5.41) is 14.8. The van der Waals surface area contributed by atoms with Gasteiger partial charge in [-0.15, -0.1) is 0 Å². The van der Waals surface area contributed by atoms with Gasteiger partial charge >= 0.3 is 12.0 Å². The van der Waals surface area contributed by atoms with E-state index in [1.54, 1.807) is 9.80 Å². The SMILES string of the molecule is CC(C)NC(=O)N1CCN(C(=O)[C@H](CCC(=O)O)NC(=O)c2cc(OC3CCCC3)nc(-c3ccccc3)n2)CC1. The lowest BCUT2D eigenvalue weighted by atomic mass is 10.1. The third kappa shape index (κ3) is 8.38. The van der Waals surface area contributed by atoms with Crippen molar-refractivity contribution in [2.24, 2.45) is 0 Å². The molecule has 1 saturated carbocycles. The Morgan fingerprint density at radius 3 is 2.27 bits per heavy atom. The minimum Gasteiger partial charge on any atom is -0.481 e. The van der Waals surface area contributed by atoms with E-state index < -0.39 is 23.8 Å². The quantitative estimate of drug-likeness (QED) is 0.397. The number of hydrogen-bond donors (Lipinski definition) is 3. The largest absolute Gasteiger partial charge is 0.481 e. The Labute approximate surface area is 239 Å². The second-order valence-corrected chi connectivity index (χ2v) is 10.7. The van der Waals surface area contributed by atoms with Gasteiger partial charge in [-0.3, -0.25) is 14.4 Å². The summed E-state index contributed by atoms with van der Waals surface area (Å²) in [4.78, 5) is 62.8. The standard InChI is InChI=1S/C29H38N6O6/c1-19(2)30-29(40)35-16-14-34(15-17-35)28(39)22(12-13-25(36)37)32-27(38)23-18-24(41-21-10-6-7-11-21)33-26(31-23)20-8-4-3-5-9-20/h3-5,8-9,18-19,21-22H,6-7,10-17H2,1-2H3,(H,30,40)(H,32,38)(H,36,37)/t22-/m0/s1. The van der Waals surface area contributed by atoms with Gasteiger partial charge in [-0.2, -0.15) is 4.98 Å². The highest BCUT2D eigenvalue weighted by Crippen LogP contribution is 2.25. The number of aliphatic carboxylic acids is 1. The lowest BCUT2D eigenvalue weighted by Crippen LogP contribution is -2.57. The topological polar surface area (TPSA) is 154 Å². The van der Waals surface area contributed by atoms with Gasteiger partial charge in [-0.05, 0) is 46.0 Å². The maximum absolute atomic E-state index is 13.5. The molecule has 1 aromatic carbocycles. The smallest absolute Gasteiger partial charge is 0.317 e. The molecule has 41 heavy (non-hydrogen) atoms. The molecule has 1 saturated heterocycles. The molecule has 2 fully saturated rings. The van der Waals surface area contributed by atoms with E-state index in [-0.39, 0.29) is 55.7 Å². The van der Waals surface area contributed by atoms with Crippen LogP contribution in [0.2, 0.25) is 0 Å². The predicted octanol–water partition coefficient (Wildman–Crippen LogP) is 2.69. The minimum absolute atomic E-state index is 0.00828. The molecular weight excluding hydrogens is 528 g/mol. The second-order valence-electron chi connectivity index (χ2n) is 10.7. The number of piperazine rings is 1. The van der Waals surface area contributed by atoms with Gasteiger partial charge in [0.1, 0.15) is 17.8 Å². The number of carboxylic acid groups (broad SMARTS) is 1. The number of carbonyl (C=O) groups is 4. The average molecular weight is 567 g/mol. The van der Waals surface area contributed by atoms with Crippen LogP contribution in [0.4, 0.5) is 4.79 Å². The van der Waals surface area contributed by atoms with Crippen LogP contribution in [0.3, 0.4) is 0 Å². The molecule has 0 bridgehead atoms. The Morgan fingerprint density at radius 2 is 1.63 bits per heavy atom. The van der Waals surface area contributed by atoms with E-state index >= 15 is 0 Å². The maximum Gasteiger partial charge on any atom is 0.317 e. The van der Waals surface area contributed by atoms with Crippen LogP contribution < -0.4 is 15.4 Å². The number of amides is 4. The Kier molecular flexibility index (Phi) is 10.1. The summed E-state index contributed by atoms with van der Waals surface area (Å²) in [6.07, 6.45) is 3.57. The number of aromatic nitrogens is 2. The molecule has 1 aliphatic heterocycles. The molecule has 12 heteroatoms. The summed E-state index contributed by atoms with van der Waals surface area (Å²) < 4.78 is 6.09. The van der Waals surface area contributed by atoms with Crippen LogP contribution in [0.15, 0.2) is 36.4 Å². The summed E-state index contributed by atoms with van der Waals surface area (Å²) in [6, 6.07) is 9.39. The van der Waals surface area contributed by atoms with E-state index in [2.05, 4.69) is 20.6 Å². The zero-order valence-corrected chi connectivity index (χ0v) is 23.5. The molecule has 12 nitrogen and oxygen atoms in total. The van der Waals surface area contributed by atoms with Gasteiger partial charge in [0, 0.05) is 50.3 Å². The highest BCUT2D eigenvalue weighted by molar-refractivity contribution is 5.96. The summed E-state index contributed by atoms with van der Waals surface area (Å²) in [6.45, 7) is 4.95. The zero-order chi connectivity index (χ0) is 29.4. The molecule has 0 unspecified atom stereocenters. The first-order valence-electron chi connectivity index (χ1n) is 14.2. The van der Waals surface area contributed by atoms with Gasteiger partial charge in [-0.1, -0.05) is 30.3 Å². The number of carboxylic acids is 1. The highest BCUT2D eigenvalue weighted by atomic mass is 16.5. The number of nitrogens with zero attached hydrogens (tertiary/aromatic N) is 4. The number of carbonyl (C=O) groups excluding carboxylic acids is 3. The Bertz CT molecular complexity index is 1230. The number of urea groups is 1. The first-order chi connectivity index (χ1) is 19.7. The van der Waals surface area contributed by atoms with Crippen LogP contribution >= 0.6 is 0 Å². The second kappa shape index (κ2) is 13.9. The van der Waals surface area contributed by atoms with Gasteiger partial charge in [-0.25, -0.2) is 9.78 Å². The van der Waals surface area contributed by atoms with Crippen molar-refractivity contribution in [2.45, 2.75) is 70.6 Å². The fraction of sp³-hybridized carbons (Fsp3) is 0.517. The summed E-state index contributed by atoms with van der Waals surface area (Å²) >= 11 is 0. The molecule has 0 radical (unpaired) electrons. The molecule has 4 rings (SSSR count). The maximum atomic E-state index is 13.5. The molecule has 4 amide bonds. The fourth-order valence-corrected chi connectivity index (χ4v) is 4.94. The van der Waals surface area contributed by atoms with Gasteiger partial charge in [0.2, 0.25) is 11.8 Å². The number of ether oxygens (including phenoxy) is 1. The molecule has 1 aliphatic carbocycles. The van der Waals surface area contributed by atoms with E-state index in [4.69, 9.17) is 4.74 Å². The van der Waals surface area contributed by atoms with E-state index in [9.17, 15) is 24.3 Å². The minimum atomic E-state index is -1.08. The Hall–Kier alpha value is -4.22. The molecule has 220 valence electrons. The predicted molar refractivity (Wildman–Crippen MR) is 150 cm³/mol. The van der Waals surface area contributed by atoms with Gasteiger partial charge in [0.05, 0.1) is 0 Å². The van der Waals surface area contributed by atoms with Crippen LogP contribution in [0, 0.1) is 0 Å². The summed E-state index contributed by atoms with van der Waals surface area (Å²) in [5.41, 5.74) is 0.728. The van der Waals surface area contributed by atoms with Gasteiger partial charge in [0.15, 0.2) is 5.82 Å². The molecule has 3 N–H and O–H groups in total. The van der Waals surface area contributed by atoms with Crippen LogP contribution in [-0.2, 0) is 9.59 Å². The number of rotatable bonds is 10. The number of nitrogens with one attached hydrogen (secondary N) is 2. The van der Waals surface area contributed by atoms with Crippen molar-refractivity contribution >= 4 is 23.8 Å². The van der Waals surface area contributed by atoms with Crippen molar-refractivity contribution in [1.82, 2.24) is 30.4 Å². The molecule has 1 atom stereocenters. The third-order valence-electron chi connectivity index (χ3n) is 7.10. The van der Waals surface area contributed by atoms with Crippen LogP contribution in [-0.4, -0.2) is 93.1 Å².